The van der Waals surface area contributed by atoms with Crippen LogP contribution >= 0.6 is 0 Å². The Morgan fingerprint density at radius 2 is 1.93 bits per heavy atom. The Kier molecular flexibility index (Phi) is 5.03. The van der Waals surface area contributed by atoms with Gasteiger partial charge < -0.3 is 15.4 Å². The number of anilines is 2. The van der Waals surface area contributed by atoms with Crippen LogP contribution in [0.2, 0.25) is 0 Å². The quantitative estimate of drug-likeness (QED) is 0.654. The minimum absolute atomic E-state index is 0.0568. The second kappa shape index (κ2) is 7.78. The maximum Gasteiger partial charge on any atom is 0.228 e. The zero-order valence-electron chi connectivity index (χ0n) is 15.4. The number of carbonyl (C=O) groups is 1. The summed E-state index contributed by atoms with van der Waals surface area (Å²) in [7, 11) is 1.68. The van der Waals surface area contributed by atoms with Gasteiger partial charge in [-0.3, -0.25) is 4.79 Å². The van der Waals surface area contributed by atoms with Crippen LogP contribution in [0.3, 0.4) is 0 Å². The fraction of sp³-hybridized carbons (Fsp3) is 0.200. The summed E-state index contributed by atoms with van der Waals surface area (Å²) < 4.78 is 34.5. The van der Waals surface area contributed by atoms with Gasteiger partial charge in [0.05, 0.1) is 16.9 Å². The fourth-order valence-electron chi connectivity index (χ4n) is 2.69. The van der Waals surface area contributed by atoms with Crippen LogP contribution < -0.4 is 15.4 Å². The van der Waals surface area contributed by atoms with Crippen molar-refractivity contribution in [3.63, 3.8) is 0 Å². The molecule has 0 atom stereocenters. The Morgan fingerprint density at radius 1 is 1.10 bits per heavy atom. The maximum absolute atomic E-state index is 14.6. The minimum Gasteiger partial charge on any atom is -0.435 e. The predicted octanol–water partition coefficient (Wildman–Crippen LogP) is 4.00. The van der Waals surface area contributed by atoms with Crippen LogP contribution in [0.5, 0.6) is 11.6 Å². The molecule has 0 spiro atoms. The number of hydrogen-bond acceptors (Lipinski definition) is 6. The van der Waals surface area contributed by atoms with E-state index in [4.69, 9.17) is 4.74 Å². The summed E-state index contributed by atoms with van der Waals surface area (Å²) in [4.78, 5) is 24.3. The molecule has 2 heterocycles. The standard InChI is InChI=1S/C20H17F2N5O2/c1-23-20-25-10-8-13(27-20)12-3-2-9-24-19(12)29-15-7-6-14(16(21)17(15)22)26-18(28)11-4-5-11/h2-3,6-11H,4-5H2,1H3,(H,26,28)(H,23,25,27). The van der Waals surface area contributed by atoms with E-state index in [0.717, 1.165) is 12.8 Å². The Bertz CT molecular complexity index is 1070. The van der Waals surface area contributed by atoms with E-state index in [-0.39, 0.29) is 29.1 Å². The topological polar surface area (TPSA) is 89.0 Å². The van der Waals surface area contributed by atoms with Crippen LogP contribution in [0.4, 0.5) is 20.4 Å². The van der Waals surface area contributed by atoms with Gasteiger partial charge in [-0.2, -0.15) is 4.39 Å². The molecule has 1 saturated carbocycles. The van der Waals surface area contributed by atoms with E-state index in [2.05, 4.69) is 25.6 Å². The third kappa shape index (κ3) is 3.98. The number of ether oxygens (including phenoxy) is 1. The van der Waals surface area contributed by atoms with Gasteiger partial charge in [-0.05, 0) is 43.2 Å². The number of halogens is 2. The molecule has 2 N–H and O–H groups in total. The highest BCUT2D eigenvalue weighted by molar-refractivity contribution is 5.94. The number of carbonyl (C=O) groups excluding carboxylic acids is 1. The van der Waals surface area contributed by atoms with Crippen LogP contribution in [0.25, 0.3) is 11.3 Å². The zero-order valence-corrected chi connectivity index (χ0v) is 15.4. The molecule has 0 bridgehead atoms. The molecule has 1 fully saturated rings. The number of pyridine rings is 1. The molecule has 0 unspecified atom stereocenters. The summed E-state index contributed by atoms with van der Waals surface area (Å²) in [6.45, 7) is 0. The Balaban J connectivity index is 1.63. The van der Waals surface area contributed by atoms with Crippen LogP contribution in [0, 0.1) is 17.6 Å². The zero-order chi connectivity index (χ0) is 20.4. The molecule has 9 heteroatoms. The largest absolute Gasteiger partial charge is 0.435 e. The summed E-state index contributed by atoms with van der Waals surface area (Å²) >= 11 is 0. The lowest BCUT2D eigenvalue weighted by atomic mass is 10.2. The van der Waals surface area contributed by atoms with Gasteiger partial charge in [0.2, 0.25) is 23.6 Å². The highest BCUT2D eigenvalue weighted by Gasteiger charge is 2.30. The van der Waals surface area contributed by atoms with Gasteiger partial charge in [-0.1, -0.05) is 0 Å². The molecule has 0 radical (unpaired) electrons. The lowest BCUT2D eigenvalue weighted by Crippen LogP contribution is -2.15. The molecule has 1 aliphatic rings. The summed E-state index contributed by atoms with van der Waals surface area (Å²) in [5.74, 6) is -2.74. The van der Waals surface area contributed by atoms with E-state index in [9.17, 15) is 13.6 Å². The van der Waals surface area contributed by atoms with Gasteiger partial charge in [-0.25, -0.2) is 19.3 Å². The van der Waals surface area contributed by atoms with Crippen molar-refractivity contribution in [2.45, 2.75) is 12.8 Å². The molecule has 1 aromatic carbocycles. The average Bonchev–Trinajstić information content (AvgIpc) is 3.59. The molecule has 1 aliphatic carbocycles. The van der Waals surface area contributed by atoms with E-state index >= 15 is 0 Å². The van der Waals surface area contributed by atoms with E-state index < -0.39 is 11.6 Å². The van der Waals surface area contributed by atoms with Crippen molar-refractivity contribution < 1.29 is 18.3 Å². The molecule has 1 amide bonds. The first-order valence-corrected chi connectivity index (χ1v) is 8.99. The van der Waals surface area contributed by atoms with E-state index in [1.165, 1.54) is 18.3 Å². The highest BCUT2D eigenvalue weighted by atomic mass is 19.2. The molecule has 2 aromatic heterocycles. The third-order valence-electron chi connectivity index (χ3n) is 4.39. The van der Waals surface area contributed by atoms with Crippen molar-refractivity contribution in [2.24, 2.45) is 5.92 Å². The lowest BCUT2D eigenvalue weighted by Gasteiger charge is -2.12. The molecule has 0 aliphatic heterocycles. The number of hydrogen-bond donors (Lipinski definition) is 2. The van der Waals surface area contributed by atoms with E-state index in [0.29, 0.717) is 17.2 Å². The SMILES string of the molecule is CNc1nccc(-c2cccnc2Oc2ccc(NC(=O)C3CC3)c(F)c2F)n1. The molecular formula is C20H17F2N5O2. The molecule has 0 saturated heterocycles. The van der Waals surface area contributed by atoms with Gasteiger partial charge >= 0.3 is 0 Å². The number of rotatable bonds is 6. The summed E-state index contributed by atoms with van der Waals surface area (Å²) in [5.41, 5.74) is 0.765. The monoisotopic (exact) mass is 397 g/mol. The van der Waals surface area contributed by atoms with Crippen molar-refractivity contribution in [3.05, 3.63) is 54.4 Å². The number of nitrogens with zero attached hydrogens (tertiary/aromatic N) is 3. The molecule has 4 rings (SSSR count). The Morgan fingerprint density at radius 3 is 2.69 bits per heavy atom. The maximum atomic E-state index is 14.6. The van der Waals surface area contributed by atoms with Crippen LogP contribution in [-0.2, 0) is 4.79 Å². The average molecular weight is 397 g/mol. The molecule has 148 valence electrons. The first kappa shape index (κ1) is 18.7. The second-order valence-electron chi connectivity index (χ2n) is 6.48. The first-order chi connectivity index (χ1) is 14.1. The number of aromatic nitrogens is 3. The first-order valence-electron chi connectivity index (χ1n) is 8.99. The summed E-state index contributed by atoms with van der Waals surface area (Å²) in [6.07, 6.45) is 4.55. The second-order valence-corrected chi connectivity index (χ2v) is 6.48. The van der Waals surface area contributed by atoms with Crippen LogP contribution in [0.1, 0.15) is 12.8 Å². The van der Waals surface area contributed by atoms with Crippen molar-refractivity contribution >= 4 is 17.5 Å². The molecule has 3 aromatic rings. The number of amides is 1. The highest BCUT2D eigenvalue weighted by Crippen LogP contribution is 2.35. The van der Waals surface area contributed by atoms with Crippen LogP contribution in [-0.4, -0.2) is 27.9 Å². The van der Waals surface area contributed by atoms with Crippen molar-refractivity contribution in [1.82, 2.24) is 15.0 Å². The van der Waals surface area contributed by atoms with Gasteiger partial charge in [0.15, 0.2) is 11.6 Å². The molecule has 29 heavy (non-hydrogen) atoms. The van der Waals surface area contributed by atoms with Crippen molar-refractivity contribution in [3.8, 4) is 22.9 Å². The minimum atomic E-state index is -1.21. The fourth-order valence-corrected chi connectivity index (χ4v) is 2.69. The summed E-state index contributed by atoms with van der Waals surface area (Å²) in [6, 6.07) is 7.54. The Hall–Kier alpha value is -3.62. The number of nitrogens with one attached hydrogen (secondary N) is 2. The normalized spacial score (nSPS) is 13.1. The molecule has 7 nitrogen and oxygen atoms in total. The van der Waals surface area contributed by atoms with Crippen molar-refractivity contribution in [1.29, 1.82) is 0 Å². The summed E-state index contributed by atoms with van der Waals surface area (Å²) in [5, 5.41) is 5.23. The van der Waals surface area contributed by atoms with Gasteiger partial charge in [-0.15, -0.1) is 0 Å². The van der Waals surface area contributed by atoms with Crippen molar-refractivity contribution in [2.75, 3.05) is 17.7 Å². The van der Waals surface area contributed by atoms with Gasteiger partial charge in [0.1, 0.15) is 0 Å². The lowest BCUT2D eigenvalue weighted by molar-refractivity contribution is -0.117. The predicted molar refractivity (Wildman–Crippen MR) is 103 cm³/mol. The third-order valence-corrected chi connectivity index (χ3v) is 4.39. The van der Waals surface area contributed by atoms with Gasteiger partial charge in [0, 0.05) is 25.4 Å². The molecular weight excluding hydrogens is 380 g/mol. The van der Waals surface area contributed by atoms with Gasteiger partial charge in [0.25, 0.3) is 0 Å². The number of benzene rings is 1. The van der Waals surface area contributed by atoms with E-state index in [1.807, 2.05) is 0 Å². The smallest absolute Gasteiger partial charge is 0.228 e. The Labute approximate surface area is 165 Å². The van der Waals surface area contributed by atoms with E-state index in [1.54, 1.807) is 31.4 Å². The van der Waals surface area contributed by atoms with Crippen LogP contribution in [0.15, 0.2) is 42.7 Å².